The van der Waals surface area contributed by atoms with Crippen LogP contribution in [0.2, 0.25) is 10.0 Å². The van der Waals surface area contributed by atoms with Crippen LogP contribution in [-0.2, 0) is 25.6 Å². The molecule has 3 aliphatic rings. The van der Waals surface area contributed by atoms with Crippen LogP contribution in [0.4, 0.5) is 0 Å². The average Bonchev–Trinajstić information content (AvgIpc) is 3.03. The Hall–Kier alpha value is -3.48. The van der Waals surface area contributed by atoms with E-state index in [0.29, 0.717) is 37.8 Å². The number of nitrogens with zero attached hydrogens (tertiary/aromatic N) is 3. The number of carbonyl (C=O) groups excluding carboxylic acids is 1. The van der Waals surface area contributed by atoms with E-state index in [1.807, 2.05) is 0 Å². The summed E-state index contributed by atoms with van der Waals surface area (Å²) in [4.78, 5) is 46.2. The molecule has 2 aromatic rings. The highest BCUT2D eigenvalue weighted by molar-refractivity contribution is 7.67. The smallest absolute Gasteiger partial charge is 0.334 e. The van der Waals surface area contributed by atoms with Gasteiger partial charge in [0.25, 0.3) is 0 Å². The Morgan fingerprint density at radius 3 is 2.13 bits per heavy atom. The Kier molecular flexibility index (Phi) is 11.0. The van der Waals surface area contributed by atoms with E-state index in [9.17, 15) is 28.8 Å². The van der Waals surface area contributed by atoms with Gasteiger partial charge in [0.05, 0.1) is 45.3 Å². The number of benzene rings is 2. The third kappa shape index (κ3) is 7.24. The average molecular weight is 688 g/mol. The minimum atomic E-state index is -1.48. The molecular formula is C33H36Cl2N4O6S. The molecule has 244 valence electrons. The first-order valence-corrected chi connectivity index (χ1v) is 16.7. The Morgan fingerprint density at radius 1 is 0.891 bits per heavy atom. The fourth-order valence-corrected chi connectivity index (χ4v) is 7.66. The van der Waals surface area contributed by atoms with Gasteiger partial charge >= 0.3 is 11.9 Å². The molecule has 0 saturated carbocycles. The molecule has 3 heterocycles. The molecule has 0 spiro atoms. The second kappa shape index (κ2) is 15.0. The normalized spacial score (nSPS) is 21.2. The van der Waals surface area contributed by atoms with Crippen molar-refractivity contribution in [3.05, 3.63) is 92.2 Å². The predicted octanol–water partition coefficient (Wildman–Crippen LogP) is 3.81. The van der Waals surface area contributed by atoms with Gasteiger partial charge in [0.2, 0.25) is 5.91 Å². The van der Waals surface area contributed by atoms with Gasteiger partial charge in [-0.05, 0) is 44.1 Å². The van der Waals surface area contributed by atoms with Crippen LogP contribution < -0.4 is 5.32 Å². The lowest BCUT2D eigenvalue weighted by atomic mass is 9.78. The third-order valence-corrected chi connectivity index (χ3v) is 10.3. The number of allylic oxidation sites excluding steroid dienone is 1. The van der Waals surface area contributed by atoms with Gasteiger partial charge in [-0.15, -0.1) is 0 Å². The minimum Gasteiger partial charge on any atom is -0.478 e. The van der Waals surface area contributed by atoms with E-state index in [4.69, 9.17) is 23.2 Å². The lowest BCUT2D eigenvalue weighted by Gasteiger charge is -2.40. The van der Waals surface area contributed by atoms with Crippen LogP contribution in [0.25, 0.3) is 0 Å². The molecule has 3 aliphatic heterocycles. The summed E-state index contributed by atoms with van der Waals surface area (Å²) in [6.07, 6.45) is 3.23. The second-order valence-corrected chi connectivity index (χ2v) is 13.1. The van der Waals surface area contributed by atoms with Crippen molar-refractivity contribution in [2.24, 2.45) is 0 Å². The number of amides is 1. The summed E-state index contributed by atoms with van der Waals surface area (Å²) < 4.78 is 12.6. The molecule has 1 amide bonds. The minimum absolute atomic E-state index is 0.0211. The van der Waals surface area contributed by atoms with Crippen molar-refractivity contribution in [2.75, 3.05) is 46.3 Å². The van der Waals surface area contributed by atoms with Crippen LogP contribution in [0.15, 0.2) is 71.1 Å². The molecule has 1 unspecified atom stereocenters. The Morgan fingerprint density at radius 2 is 1.54 bits per heavy atom. The van der Waals surface area contributed by atoms with E-state index in [2.05, 4.69) is 22.2 Å². The summed E-state index contributed by atoms with van der Waals surface area (Å²) in [5.41, 5.74) is -0.411. The van der Waals surface area contributed by atoms with E-state index in [1.54, 1.807) is 41.3 Å². The van der Waals surface area contributed by atoms with Crippen molar-refractivity contribution in [1.82, 2.24) is 20.0 Å². The van der Waals surface area contributed by atoms with Crippen LogP contribution in [0.5, 0.6) is 0 Å². The summed E-state index contributed by atoms with van der Waals surface area (Å²) in [7, 11) is 2.15. The van der Waals surface area contributed by atoms with E-state index >= 15 is 0 Å². The molecule has 0 radical (unpaired) electrons. The zero-order chi connectivity index (χ0) is 33.0. The number of carbonyl (C=O) groups is 3. The number of carboxylic acids is 2. The number of piperazine rings is 1. The van der Waals surface area contributed by atoms with Crippen LogP contribution in [-0.4, -0.2) is 104 Å². The number of rotatable bonds is 9. The molecular weight excluding hydrogens is 651 g/mol. The summed E-state index contributed by atoms with van der Waals surface area (Å²) in [5.74, 6) is -4.69. The topological polar surface area (TPSA) is 130 Å². The van der Waals surface area contributed by atoms with E-state index in [1.165, 1.54) is 25.0 Å². The quantitative estimate of drug-likeness (QED) is 0.266. The number of halogens is 2. The van der Waals surface area contributed by atoms with Gasteiger partial charge in [-0.25, -0.2) is 13.8 Å². The van der Waals surface area contributed by atoms with Crippen molar-refractivity contribution in [1.29, 1.82) is 0 Å². The standard InChI is InChI=1S/C33H36Cl2N4O6S/c1-37-13-6-5-10-21(37)19-38-14-16-39(17-15-38)25(40)18-24-27(32(41)42)28(26-22(34)11-7-12-23(26)35)29(33(43)44)30(36-24)31(46-45)20-8-3-2-4-9-20/h2-4,7-9,11-12,21,28,36H,5-6,10,13-19H2,1H3,(H,41,42)(H,43,44)/t21-,28?/m1/s1. The summed E-state index contributed by atoms with van der Waals surface area (Å²) >= 11 is 13.2. The molecule has 2 fully saturated rings. The second-order valence-electron chi connectivity index (χ2n) is 11.8. The highest BCUT2D eigenvalue weighted by Gasteiger charge is 2.42. The first kappa shape index (κ1) is 33.9. The van der Waals surface area contributed by atoms with Crippen molar-refractivity contribution >= 4 is 57.2 Å². The molecule has 2 saturated heterocycles. The van der Waals surface area contributed by atoms with Gasteiger partial charge < -0.3 is 25.3 Å². The summed E-state index contributed by atoms with van der Waals surface area (Å²) in [5, 5.41) is 24.1. The molecule has 5 rings (SSSR count). The highest BCUT2D eigenvalue weighted by atomic mass is 35.5. The number of nitrogens with one attached hydrogen (secondary N) is 1. The Balaban J connectivity index is 1.50. The van der Waals surface area contributed by atoms with Crippen LogP contribution in [0.3, 0.4) is 0 Å². The van der Waals surface area contributed by atoms with Gasteiger partial charge in [-0.3, -0.25) is 9.69 Å². The number of hydrogen-bond acceptors (Lipinski definition) is 7. The van der Waals surface area contributed by atoms with E-state index < -0.39 is 23.4 Å². The number of piperidine rings is 1. The molecule has 0 aliphatic carbocycles. The summed E-state index contributed by atoms with van der Waals surface area (Å²) in [6.45, 7) is 4.37. The zero-order valence-electron chi connectivity index (χ0n) is 25.4. The zero-order valence-corrected chi connectivity index (χ0v) is 27.7. The SMILES string of the molecule is CN1CCCC[C@@H]1CN1CCN(C(=O)CC2=C(C(=O)O)C(c3c(Cl)cccc3Cl)C(C(=O)O)=C(C(=S=O)c3ccccc3)N2)CC1. The van der Waals surface area contributed by atoms with Crippen LogP contribution >= 0.6 is 23.2 Å². The lowest BCUT2D eigenvalue weighted by molar-refractivity contribution is -0.133. The van der Waals surface area contributed by atoms with Gasteiger partial charge in [-0.1, -0.05) is 66.0 Å². The van der Waals surface area contributed by atoms with Crippen molar-refractivity contribution in [3.8, 4) is 0 Å². The monoisotopic (exact) mass is 686 g/mol. The Bertz CT molecular complexity index is 1610. The molecule has 46 heavy (non-hydrogen) atoms. The van der Waals surface area contributed by atoms with E-state index in [0.717, 1.165) is 19.5 Å². The first-order valence-electron chi connectivity index (χ1n) is 15.2. The van der Waals surface area contributed by atoms with Gasteiger partial charge in [0, 0.05) is 60.1 Å². The molecule has 3 N–H and O–H groups in total. The number of likely N-dealkylation sites (N-methyl/N-ethyl adjacent to an activating group) is 1. The van der Waals surface area contributed by atoms with Crippen molar-refractivity contribution in [3.63, 3.8) is 0 Å². The number of likely N-dealkylation sites (tertiary alicyclic amines) is 1. The Labute approximate surface area is 281 Å². The summed E-state index contributed by atoms with van der Waals surface area (Å²) in [6, 6.07) is 13.5. The molecule has 0 aromatic heterocycles. The largest absolute Gasteiger partial charge is 0.478 e. The maximum absolute atomic E-state index is 13.8. The number of dihydropyridines is 1. The van der Waals surface area contributed by atoms with Gasteiger partial charge in [0.15, 0.2) is 0 Å². The highest BCUT2D eigenvalue weighted by Crippen LogP contribution is 2.45. The fraction of sp³-hybridized carbons (Fsp3) is 0.394. The third-order valence-electron chi connectivity index (χ3n) is 8.99. The number of aliphatic carboxylic acids is 2. The molecule has 2 aromatic carbocycles. The molecule has 10 nitrogen and oxygen atoms in total. The van der Waals surface area contributed by atoms with Crippen LogP contribution in [0.1, 0.15) is 42.7 Å². The van der Waals surface area contributed by atoms with Crippen molar-refractivity contribution in [2.45, 2.75) is 37.6 Å². The van der Waals surface area contributed by atoms with Crippen LogP contribution in [0, 0.1) is 0 Å². The van der Waals surface area contributed by atoms with Crippen molar-refractivity contribution < 1.29 is 28.8 Å². The number of hydrogen-bond donors (Lipinski definition) is 3. The molecule has 13 heteroatoms. The maximum Gasteiger partial charge on any atom is 0.334 e. The molecule has 2 atom stereocenters. The van der Waals surface area contributed by atoms with E-state index in [-0.39, 0.29) is 61.0 Å². The maximum atomic E-state index is 13.8. The predicted molar refractivity (Wildman–Crippen MR) is 178 cm³/mol. The van der Waals surface area contributed by atoms with Gasteiger partial charge in [-0.2, -0.15) is 0 Å². The van der Waals surface area contributed by atoms with Gasteiger partial charge in [0.1, 0.15) is 0 Å². The number of carboxylic acid groups (broad SMARTS) is 2. The first-order chi connectivity index (χ1) is 22.1. The fourth-order valence-electron chi connectivity index (χ4n) is 6.56. The molecule has 0 bridgehead atoms. The lowest BCUT2D eigenvalue weighted by Crippen LogP contribution is -2.53.